The molecule has 2 rings (SSSR count). The molecule has 2 aromatic rings. The number of nitrogens with one attached hydrogen (secondary N) is 1. The van der Waals surface area contributed by atoms with Crippen molar-refractivity contribution in [2.45, 2.75) is 13.0 Å². The molecule has 0 aliphatic rings. The zero-order valence-electron chi connectivity index (χ0n) is 13.0. The first-order valence-electron chi connectivity index (χ1n) is 7.00. The van der Waals surface area contributed by atoms with E-state index in [1.165, 1.54) is 12.1 Å². The van der Waals surface area contributed by atoms with E-state index in [-0.39, 0.29) is 15.9 Å². The third-order valence-electron chi connectivity index (χ3n) is 2.96. The summed E-state index contributed by atoms with van der Waals surface area (Å²) < 4.78 is 10.8. The average Bonchev–Trinajstić information content (AvgIpc) is 3.00. The largest absolute Gasteiger partial charge is 0.486 e. The fourth-order valence-corrected chi connectivity index (χ4v) is 2.86. The lowest BCUT2D eigenvalue weighted by Gasteiger charge is -2.17. The number of hydrogen-bond acceptors (Lipinski definition) is 5. The number of carboxylic acid groups (broad SMARTS) is 1. The van der Waals surface area contributed by atoms with Crippen LogP contribution in [-0.4, -0.2) is 36.8 Å². The van der Waals surface area contributed by atoms with Crippen LogP contribution in [0, 0.1) is 0 Å². The third kappa shape index (κ3) is 4.70. The SMILES string of the molecule is COCC(C)Oc1ccc(Cl)cc1NC(=O)c1ccc(C(=O)O)s1. The highest BCUT2D eigenvalue weighted by molar-refractivity contribution is 7.15. The van der Waals surface area contributed by atoms with Crippen molar-refractivity contribution < 1.29 is 24.2 Å². The molecule has 0 spiro atoms. The summed E-state index contributed by atoms with van der Waals surface area (Å²) in [6.45, 7) is 2.23. The first-order valence-corrected chi connectivity index (χ1v) is 8.19. The van der Waals surface area contributed by atoms with E-state index < -0.39 is 11.9 Å². The van der Waals surface area contributed by atoms with Crippen LogP contribution in [0.15, 0.2) is 30.3 Å². The van der Waals surface area contributed by atoms with E-state index in [0.29, 0.717) is 23.1 Å². The molecule has 1 heterocycles. The van der Waals surface area contributed by atoms with Crippen molar-refractivity contribution in [2.75, 3.05) is 19.0 Å². The molecule has 6 nitrogen and oxygen atoms in total. The van der Waals surface area contributed by atoms with E-state index in [2.05, 4.69) is 5.32 Å². The van der Waals surface area contributed by atoms with E-state index in [1.54, 1.807) is 25.3 Å². The van der Waals surface area contributed by atoms with Crippen molar-refractivity contribution in [2.24, 2.45) is 0 Å². The molecule has 1 atom stereocenters. The molecule has 0 saturated heterocycles. The molecule has 0 radical (unpaired) electrons. The Morgan fingerprint density at radius 3 is 2.62 bits per heavy atom. The summed E-state index contributed by atoms with van der Waals surface area (Å²) in [4.78, 5) is 23.6. The normalized spacial score (nSPS) is 11.8. The zero-order valence-corrected chi connectivity index (χ0v) is 14.6. The van der Waals surface area contributed by atoms with E-state index in [0.717, 1.165) is 11.3 Å². The molecule has 2 N–H and O–H groups in total. The number of ether oxygens (including phenoxy) is 2. The van der Waals surface area contributed by atoms with E-state index in [4.69, 9.17) is 26.2 Å². The second kappa shape index (κ2) is 8.14. The first-order chi connectivity index (χ1) is 11.4. The number of carboxylic acids is 1. The smallest absolute Gasteiger partial charge is 0.345 e. The molecule has 128 valence electrons. The number of thiophene rings is 1. The van der Waals surface area contributed by atoms with Gasteiger partial charge in [0.2, 0.25) is 0 Å². The van der Waals surface area contributed by atoms with Crippen molar-refractivity contribution in [3.05, 3.63) is 45.1 Å². The Bertz CT molecular complexity index is 746. The van der Waals surface area contributed by atoms with Crippen LogP contribution < -0.4 is 10.1 Å². The molecule has 1 aromatic carbocycles. The van der Waals surface area contributed by atoms with Crippen LogP contribution in [-0.2, 0) is 4.74 Å². The van der Waals surface area contributed by atoms with Crippen LogP contribution in [0.2, 0.25) is 5.02 Å². The number of carbonyl (C=O) groups excluding carboxylic acids is 1. The summed E-state index contributed by atoms with van der Waals surface area (Å²) in [6.07, 6.45) is -0.216. The Balaban J connectivity index is 2.19. The van der Waals surface area contributed by atoms with Crippen molar-refractivity contribution in [1.82, 2.24) is 0 Å². The third-order valence-corrected chi connectivity index (χ3v) is 4.27. The Morgan fingerprint density at radius 2 is 2.00 bits per heavy atom. The van der Waals surface area contributed by atoms with Gasteiger partial charge in [-0.05, 0) is 37.3 Å². The number of rotatable bonds is 7. The van der Waals surface area contributed by atoms with Crippen molar-refractivity contribution in [3.8, 4) is 5.75 Å². The maximum absolute atomic E-state index is 12.3. The quantitative estimate of drug-likeness (QED) is 0.776. The molecule has 1 amide bonds. The van der Waals surface area contributed by atoms with Crippen molar-refractivity contribution >= 4 is 40.5 Å². The van der Waals surface area contributed by atoms with Crippen LogP contribution in [0.3, 0.4) is 0 Å². The first kappa shape index (κ1) is 18.3. The summed E-state index contributed by atoms with van der Waals surface area (Å²) in [7, 11) is 1.57. The number of amides is 1. The van der Waals surface area contributed by atoms with E-state index >= 15 is 0 Å². The number of benzene rings is 1. The second-order valence-electron chi connectivity index (χ2n) is 4.95. The van der Waals surface area contributed by atoms with Gasteiger partial charge in [0.25, 0.3) is 5.91 Å². The average molecular weight is 370 g/mol. The topological polar surface area (TPSA) is 84.9 Å². The highest BCUT2D eigenvalue weighted by Gasteiger charge is 2.16. The zero-order chi connectivity index (χ0) is 17.7. The molecule has 0 aliphatic carbocycles. The number of halogens is 1. The van der Waals surface area contributed by atoms with Gasteiger partial charge in [0.05, 0.1) is 17.2 Å². The highest BCUT2D eigenvalue weighted by Crippen LogP contribution is 2.30. The molecule has 1 unspecified atom stereocenters. The molecule has 0 fully saturated rings. The van der Waals surface area contributed by atoms with Gasteiger partial charge in [-0.25, -0.2) is 4.79 Å². The van der Waals surface area contributed by atoms with Crippen LogP contribution in [0.4, 0.5) is 5.69 Å². The minimum atomic E-state index is -1.07. The summed E-state index contributed by atoms with van der Waals surface area (Å²) in [6, 6.07) is 7.72. The van der Waals surface area contributed by atoms with Crippen molar-refractivity contribution in [3.63, 3.8) is 0 Å². The molecular weight excluding hydrogens is 354 g/mol. The van der Waals surface area contributed by atoms with Gasteiger partial charge in [-0.15, -0.1) is 11.3 Å². The maximum Gasteiger partial charge on any atom is 0.345 e. The monoisotopic (exact) mass is 369 g/mol. The lowest BCUT2D eigenvalue weighted by molar-refractivity contribution is 0.0702. The predicted molar refractivity (Wildman–Crippen MR) is 92.6 cm³/mol. The molecule has 8 heteroatoms. The second-order valence-corrected chi connectivity index (χ2v) is 6.47. The Labute approximate surface area is 148 Å². The van der Waals surface area contributed by atoms with Crippen LogP contribution in [0.5, 0.6) is 5.75 Å². The lowest BCUT2D eigenvalue weighted by atomic mass is 10.2. The Morgan fingerprint density at radius 1 is 1.29 bits per heavy atom. The van der Waals surface area contributed by atoms with Gasteiger partial charge in [0.15, 0.2) is 0 Å². The van der Waals surface area contributed by atoms with Crippen LogP contribution in [0.25, 0.3) is 0 Å². The molecular formula is C16H16ClNO5S. The molecule has 0 aliphatic heterocycles. The minimum absolute atomic E-state index is 0.0939. The highest BCUT2D eigenvalue weighted by atomic mass is 35.5. The number of methoxy groups -OCH3 is 1. The van der Waals surface area contributed by atoms with Crippen LogP contribution >= 0.6 is 22.9 Å². The van der Waals surface area contributed by atoms with Gasteiger partial charge in [0.1, 0.15) is 16.7 Å². The van der Waals surface area contributed by atoms with Gasteiger partial charge < -0.3 is 19.9 Å². The minimum Gasteiger partial charge on any atom is -0.486 e. The fraction of sp³-hybridized carbons (Fsp3) is 0.250. The fourth-order valence-electron chi connectivity index (χ4n) is 1.95. The Kier molecular flexibility index (Phi) is 6.19. The lowest BCUT2D eigenvalue weighted by Crippen LogP contribution is -2.19. The van der Waals surface area contributed by atoms with Gasteiger partial charge in [-0.1, -0.05) is 11.6 Å². The van der Waals surface area contributed by atoms with Gasteiger partial charge in [-0.3, -0.25) is 4.79 Å². The molecule has 24 heavy (non-hydrogen) atoms. The number of hydrogen-bond donors (Lipinski definition) is 2. The summed E-state index contributed by atoms with van der Waals surface area (Å²) in [5.41, 5.74) is 0.403. The summed E-state index contributed by atoms with van der Waals surface area (Å²) in [5.74, 6) is -1.05. The van der Waals surface area contributed by atoms with Gasteiger partial charge >= 0.3 is 5.97 Å². The van der Waals surface area contributed by atoms with Crippen molar-refractivity contribution in [1.29, 1.82) is 0 Å². The Hall–Kier alpha value is -2.09. The summed E-state index contributed by atoms with van der Waals surface area (Å²) >= 11 is 6.88. The number of carbonyl (C=O) groups is 2. The van der Waals surface area contributed by atoms with Crippen LogP contribution in [0.1, 0.15) is 26.3 Å². The number of anilines is 1. The molecule has 0 bridgehead atoms. The molecule has 1 aromatic heterocycles. The van der Waals surface area contributed by atoms with Gasteiger partial charge in [0, 0.05) is 12.1 Å². The predicted octanol–water partition coefficient (Wildman–Crippen LogP) is 3.77. The van der Waals surface area contributed by atoms with E-state index in [9.17, 15) is 9.59 Å². The van der Waals surface area contributed by atoms with Gasteiger partial charge in [-0.2, -0.15) is 0 Å². The molecule has 0 saturated carbocycles. The van der Waals surface area contributed by atoms with E-state index in [1.807, 2.05) is 6.92 Å². The maximum atomic E-state index is 12.3. The number of aromatic carboxylic acids is 1. The standard InChI is InChI=1S/C16H16ClNO5S/c1-9(8-22-2)23-12-4-3-10(17)7-11(12)18-15(19)13-5-6-14(24-13)16(20)21/h3-7,9H,8H2,1-2H3,(H,18,19)(H,20,21). The summed E-state index contributed by atoms with van der Waals surface area (Å²) in [5, 5.41) is 12.1.